The number of hydrogen-bond donors (Lipinski definition) is 1. The lowest BCUT2D eigenvalue weighted by Crippen LogP contribution is -2.45. The molecular weight excluding hydrogens is 280 g/mol. The normalized spacial score (nSPS) is 25.3. The molecule has 7 heteroatoms. The third-order valence-electron chi connectivity index (χ3n) is 3.23. The monoisotopic (exact) mass is 300 g/mol. The molecule has 1 fully saturated rings. The maximum atomic E-state index is 12.4. The van der Waals surface area contributed by atoms with Gasteiger partial charge in [0.15, 0.2) is 4.34 Å². The van der Waals surface area contributed by atoms with E-state index in [1.165, 1.54) is 29.5 Å². The first-order valence-corrected chi connectivity index (χ1v) is 8.19. The van der Waals surface area contributed by atoms with Crippen LogP contribution in [0.4, 0.5) is 5.13 Å². The smallest absolute Gasteiger partial charge is 0.235 e. The van der Waals surface area contributed by atoms with Crippen LogP contribution in [0.2, 0.25) is 0 Å². The molecule has 1 aromatic rings. The highest BCUT2D eigenvalue weighted by atomic mass is 32.2. The molecule has 19 heavy (non-hydrogen) atoms. The number of anilines is 1. The highest BCUT2D eigenvalue weighted by Gasteiger charge is 2.29. The fourth-order valence-electron chi connectivity index (χ4n) is 2.57. The number of amides is 1. The number of rotatable bonds is 3. The first-order chi connectivity index (χ1) is 8.95. The van der Waals surface area contributed by atoms with Gasteiger partial charge in [-0.1, -0.05) is 36.9 Å². The van der Waals surface area contributed by atoms with E-state index in [9.17, 15) is 4.79 Å². The molecule has 1 aromatic heterocycles. The van der Waals surface area contributed by atoms with Crippen LogP contribution in [0, 0.1) is 11.8 Å². The molecule has 0 bridgehead atoms. The van der Waals surface area contributed by atoms with Gasteiger partial charge < -0.3 is 10.6 Å². The van der Waals surface area contributed by atoms with Gasteiger partial charge >= 0.3 is 0 Å². The molecule has 1 aliphatic heterocycles. The number of nitrogens with two attached hydrogens (primary N) is 1. The van der Waals surface area contributed by atoms with Gasteiger partial charge in [0, 0.05) is 13.1 Å². The predicted molar refractivity (Wildman–Crippen MR) is 79.2 cm³/mol. The van der Waals surface area contributed by atoms with E-state index in [2.05, 4.69) is 24.0 Å². The molecule has 3 atom stereocenters. The van der Waals surface area contributed by atoms with Crippen LogP contribution in [0.25, 0.3) is 0 Å². The summed E-state index contributed by atoms with van der Waals surface area (Å²) in [7, 11) is 0. The number of nitrogen functional groups attached to an aromatic ring is 1. The molecule has 3 unspecified atom stereocenters. The Morgan fingerprint density at radius 2 is 2.05 bits per heavy atom. The zero-order valence-corrected chi connectivity index (χ0v) is 13.1. The third kappa shape index (κ3) is 3.82. The second-order valence-corrected chi connectivity index (χ2v) is 7.95. The maximum absolute atomic E-state index is 12.4. The summed E-state index contributed by atoms with van der Waals surface area (Å²) in [5.74, 6) is 1.36. The van der Waals surface area contributed by atoms with Crippen LogP contribution in [-0.4, -0.2) is 39.3 Å². The zero-order valence-electron chi connectivity index (χ0n) is 11.5. The molecule has 1 amide bonds. The van der Waals surface area contributed by atoms with E-state index in [4.69, 9.17) is 5.73 Å². The van der Waals surface area contributed by atoms with Crippen LogP contribution in [0.5, 0.6) is 0 Å². The van der Waals surface area contributed by atoms with E-state index in [-0.39, 0.29) is 11.2 Å². The van der Waals surface area contributed by atoms with Crippen LogP contribution in [0.3, 0.4) is 0 Å². The topological polar surface area (TPSA) is 72.1 Å². The molecule has 5 nitrogen and oxygen atoms in total. The first kappa shape index (κ1) is 14.6. The Balaban J connectivity index is 1.94. The lowest BCUT2D eigenvalue weighted by Gasteiger charge is -2.36. The van der Waals surface area contributed by atoms with E-state index in [0.717, 1.165) is 17.4 Å². The Bertz CT molecular complexity index is 441. The first-order valence-electron chi connectivity index (χ1n) is 6.50. The molecular formula is C12H20N4OS2. The number of aromatic nitrogens is 2. The van der Waals surface area contributed by atoms with Crippen LogP contribution in [-0.2, 0) is 4.79 Å². The lowest BCUT2D eigenvalue weighted by atomic mass is 9.92. The number of thioether (sulfide) groups is 1. The molecule has 2 heterocycles. The number of nitrogens with zero attached hydrogens (tertiary/aromatic N) is 3. The van der Waals surface area contributed by atoms with Crippen molar-refractivity contribution in [1.82, 2.24) is 15.1 Å². The molecule has 2 rings (SSSR count). The van der Waals surface area contributed by atoms with Gasteiger partial charge in [0.25, 0.3) is 0 Å². The van der Waals surface area contributed by atoms with E-state index in [0.29, 0.717) is 17.0 Å². The molecule has 0 aliphatic carbocycles. The highest BCUT2D eigenvalue weighted by molar-refractivity contribution is 8.02. The number of carbonyl (C=O) groups is 1. The molecule has 0 aromatic carbocycles. The molecule has 0 saturated carbocycles. The number of hydrogen-bond acceptors (Lipinski definition) is 6. The largest absolute Gasteiger partial charge is 0.374 e. The van der Waals surface area contributed by atoms with Crippen molar-refractivity contribution < 1.29 is 4.79 Å². The molecule has 2 N–H and O–H groups in total. The zero-order chi connectivity index (χ0) is 14.0. The predicted octanol–water partition coefficient (Wildman–Crippen LogP) is 2.11. The minimum absolute atomic E-state index is 0.134. The molecule has 1 aliphatic rings. The van der Waals surface area contributed by atoms with Crippen molar-refractivity contribution in [1.29, 1.82) is 0 Å². The highest BCUT2D eigenvalue weighted by Crippen LogP contribution is 2.30. The van der Waals surface area contributed by atoms with E-state index >= 15 is 0 Å². The summed E-state index contributed by atoms with van der Waals surface area (Å²) in [5, 5.41) is 8.03. The minimum Gasteiger partial charge on any atom is -0.374 e. The van der Waals surface area contributed by atoms with Gasteiger partial charge in [-0.25, -0.2) is 0 Å². The molecule has 106 valence electrons. The van der Waals surface area contributed by atoms with Crippen molar-refractivity contribution in [2.45, 2.75) is 36.8 Å². The van der Waals surface area contributed by atoms with Crippen LogP contribution in [0.15, 0.2) is 4.34 Å². The minimum atomic E-state index is -0.134. The molecule has 0 spiro atoms. The van der Waals surface area contributed by atoms with Gasteiger partial charge in [0.05, 0.1) is 5.25 Å². The lowest BCUT2D eigenvalue weighted by molar-refractivity contribution is -0.132. The van der Waals surface area contributed by atoms with Crippen LogP contribution in [0.1, 0.15) is 27.2 Å². The van der Waals surface area contributed by atoms with Crippen molar-refractivity contribution >= 4 is 34.1 Å². The summed E-state index contributed by atoms with van der Waals surface area (Å²) < 4.78 is 0.761. The number of carbonyl (C=O) groups excluding carboxylic acids is 1. The summed E-state index contributed by atoms with van der Waals surface area (Å²) in [6.45, 7) is 8.07. The van der Waals surface area contributed by atoms with Gasteiger partial charge in [-0.2, -0.15) is 0 Å². The maximum Gasteiger partial charge on any atom is 0.235 e. The Hall–Kier alpha value is -0.820. The Labute approximate surface area is 122 Å². The Kier molecular flexibility index (Phi) is 4.67. The van der Waals surface area contributed by atoms with E-state index in [1.807, 2.05) is 11.8 Å². The number of piperidine rings is 1. The third-order valence-corrected chi connectivity index (χ3v) is 5.15. The average Bonchev–Trinajstić information content (AvgIpc) is 2.72. The second kappa shape index (κ2) is 6.09. The fraction of sp³-hybridized carbons (Fsp3) is 0.750. The van der Waals surface area contributed by atoms with Crippen LogP contribution < -0.4 is 5.73 Å². The van der Waals surface area contributed by atoms with Crippen molar-refractivity contribution in [2.75, 3.05) is 18.8 Å². The molecule has 1 saturated heterocycles. The quantitative estimate of drug-likeness (QED) is 0.866. The Morgan fingerprint density at radius 3 is 2.58 bits per heavy atom. The van der Waals surface area contributed by atoms with Gasteiger partial charge in [-0.15, -0.1) is 10.2 Å². The standard InChI is InChI=1S/C12H20N4OS2/c1-7-4-8(2)6-16(5-7)10(17)9(3)18-12-15-14-11(13)19-12/h7-9H,4-6H2,1-3H3,(H2,13,14). The number of likely N-dealkylation sites (tertiary alicyclic amines) is 1. The van der Waals surface area contributed by atoms with Gasteiger partial charge in [0.1, 0.15) is 0 Å². The summed E-state index contributed by atoms with van der Waals surface area (Å²) in [5.41, 5.74) is 5.55. The average molecular weight is 300 g/mol. The second-order valence-electron chi connectivity index (χ2n) is 5.36. The summed E-state index contributed by atoms with van der Waals surface area (Å²) >= 11 is 2.77. The SMILES string of the molecule is CC1CC(C)CN(C(=O)C(C)Sc2nnc(N)s2)C1. The molecule has 0 radical (unpaired) electrons. The van der Waals surface area contributed by atoms with Crippen molar-refractivity contribution in [3.05, 3.63) is 0 Å². The van der Waals surface area contributed by atoms with Gasteiger partial charge in [0.2, 0.25) is 11.0 Å². The van der Waals surface area contributed by atoms with Crippen molar-refractivity contribution in [2.24, 2.45) is 11.8 Å². The van der Waals surface area contributed by atoms with Gasteiger partial charge in [-0.05, 0) is 25.2 Å². The van der Waals surface area contributed by atoms with E-state index < -0.39 is 0 Å². The van der Waals surface area contributed by atoms with Gasteiger partial charge in [-0.3, -0.25) is 4.79 Å². The van der Waals surface area contributed by atoms with Crippen molar-refractivity contribution in [3.8, 4) is 0 Å². The Morgan fingerprint density at radius 1 is 1.42 bits per heavy atom. The van der Waals surface area contributed by atoms with E-state index in [1.54, 1.807) is 0 Å². The summed E-state index contributed by atoms with van der Waals surface area (Å²) in [6.07, 6.45) is 1.21. The van der Waals surface area contributed by atoms with Crippen molar-refractivity contribution in [3.63, 3.8) is 0 Å². The summed E-state index contributed by atoms with van der Waals surface area (Å²) in [4.78, 5) is 14.4. The van der Waals surface area contributed by atoms with Crippen LogP contribution >= 0.6 is 23.1 Å². The summed E-state index contributed by atoms with van der Waals surface area (Å²) in [6, 6.07) is 0. The fourth-order valence-corrected chi connectivity index (χ4v) is 4.43.